The molecule has 0 amide bonds. The number of allylic oxidation sites excluding steroid dienone is 14. The number of methoxy groups -OCH3 is 1. The van der Waals surface area contributed by atoms with Crippen LogP contribution in [0.15, 0.2) is 89.1 Å². The molecule has 19 heteroatoms. The van der Waals surface area contributed by atoms with Gasteiger partial charge in [0.15, 0.2) is 28.9 Å². The Labute approximate surface area is 501 Å². The van der Waals surface area contributed by atoms with Gasteiger partial charge in [-0.05, 0) is 201 Å². The summed E-state index contributed by atoms with van der Waals surface area (Å²) in [6.45, 7) is 52.0. The summed E-state index contributed by atoms with van der Waals surface area (Å²) >= 11 is 0. The predicted molar refractivity (Wildman–Crippen MR) is 328 cm³/mol. The summed E-state index contributed by atoms with van der Waals surface area (Å²) in [5.41, 5.74) is 25.6. The molecule has 0 saturated heterocycles. The molecule has 0 aromatic carbocycles. The topological polar surface area (TPSA) is 294 Å². The first-order valence-corrected chi connectivity index (χ1v) is 25.8. The zero-order valence-corrected chi connectivity index (χ0v) is 55.8. The number of nitrogens with one attached hydrogen (secondary N) is 3. The third-order valence-corrected chi connectivity index (χ3v) is 13.1. The van der Waals surface area contributed by atoms with Crippen molar-refractivity contribution in [1.29, 1.82) is 0 Å². The molecule has 0 saturated carbocycles. The van der Waals surface area contributed by atoms with Crippen LogP contribution in [-0.2, 0) is 62.3 Å². The van der Waals surface area contributed by atoms with Crippen LogP contribution in [0, 0.1) is 0 Å². The van der Waals surface area contributed by atoms with Crippen molar-refractivity contribution in [3.05, 3.63) is 79.1 Å². The second-order valence-corrected chi connectivity index (χ2v) is 19.8. The van der Waals surface area contributed by atoms with Crippen molar-refractivity contribution in [3.63, 3.8) is 0 Å². The molecule has 0 aliphatic rings. The van der Waals surface area contributed by atoms with E-state index in [1.165, 1.54) is 20.8 Å². The molecule has 8 atom stereocenters. The number of carbonyl (C=O) groups excluding carboxylic acids is 5. The van der Waals surface area contributed by atoms with E-state index in [9.17, 15) is 34.2 Å². The van der Waals surface area contributed by atoms with E-state index in [0.29, 0.717) is 28.4 Å². The first-order chi connectivity index (χ1) is 34.3. The van der Waals surface area contributed by atoms with Gasteiger partial charge in [-0.15, -0.1) is 0 Å². The summed E-state index contributed by atoms with van der Waals surface area (Å²) in [7, 11) is 1.56. The zero-order valence-electron chi connectivity index (χ0n) is 53.7. The number of aliphatic hydroxyl groups is 3. The fourth-order valence-electron chi connectivity index (χ4n) is 4.72. The first-order valence-electron chi connectivity index (χ1n) is 25.8. The smallest absolute Gasteiger partial charge is 0.158 e. The van der Waals surface area contributed by atoms with Gasteiger partial charge in [-0.25, -0.2) is 0 Å². The first kappa shape index (κ1) is 93.7. The van der Waals surface area contributed by atoms with Crippen LogP contribution < -0.4 is 33.2 Å². The minimum atomic E-state index is -0.0787. The molecule has 12 N–H and O–H groups in total. The third-order valence-electron chi connectivity index (χ3n) is 13.1. The number of rotatable bonds is 20. The Morgan fingerprint density at radius 3 is 0.722 bits per heavy atom. The van der Waals surface area contributed by atoms with Crippen LogP contribution in [-0.4, -0.2) is 111 Å². The van der Waals surface area contributed by atoms with Crippen molar-refractivity contribution in [3.8, 4) is 0 Å². The summed E-state index contributed by atoms with van der Waals surface area (Å²) in [5, 5.41) is 37.4. The van der Waals surface area contributed by atoms with Gasteiger partial charge < -0.3 is 53.2 Å². The fourth-order valence-corrected chi connectivity index (χ4v) is 4.72. The van der Waals surface area contributed by atoms with E-state index in [2.05, 4.69) is 25.9 Å². The summed E-state index contributed by atoms with van der Waals surface area (Å²) in [5.74, 6) is 1.62. The summed E-state index contributed by atoms with van der Waals surface area (Å²) in [6.07, 6.45) is 0. The van der Waals surface area contributed by atoms with Crippen molar-refractivity contribution >= 4 is 40.3 Å². The Hall–Kier alpha value is -4.64. The molecule has 0 fully saturated rings. The number of nitrogens with zero attached hydrogens (tertiary/aromatic N) is 2. The van der Waals surface area contributed by atoms with Crippen LogP contribution in [0.1, 0.15) is 208 Å². The van der Waals surface area contributed by atoms with Crippen LogP contribution in [0.4, 0.5) is 0 Å². The van der Waals surface area contributed by atoms with Crippen molar-refractivity contribution in [1.82, 2.24) is 16.0 Å². The van der Waals surface area contributed by atoms with Crippen LogP contribution >= 0.6 is 0 Å². The Morgan fingerprint density at radius 2 is 0.582 bits per heavy atom. The van der Waals surface area contributed by atoms with Crippen molar-refractivity contribution in [2.75, 3.05) is 7.11 Å². The largest absolute Gasteiger partial charge is 0.512 e. The average molecular weight is 1210 g/mol. The Balaban J connectivity index is -0.000000111. The predicted octanol–water partition coefficient (Wildman–Crippen LogP) is 11.5. The Morgan fingerprint density at radius 1 is 0.367 bits per heavy atom. The average Bonchev–Trinajstić information content (AvgIpc) is 3.31. The molecule has 0 aliphatic carbocycles. The molecule has 2 radical (unpaired) electrons. The zero-order chi connectivity index (χ0) is 62.0. The Kier molecular flexibility index (Phi) is 58.3. The molecular formula is C60H114Co2N8O9. The Bertz CT molecular complexity index is 2080. The van der Waals surface area contributed by atoms with Gasteiger partial charge in [0.2, 0.25) is 0 Å². The molecule has 0 heterocycles. The minimum absolute atomic E-state index is 0. The second kappa shape index (κ2) is 49.2. The maximum Gasteiger partial charge on any atom is 0.158 e. The van der Waals surface area contributed by atoms with E-state index < -0.39 is 0 Å². The summed E-state index contributed by atoms with van der Waals surface area (Å²) in [6, 6.07) is 0.814. The van der Waals surface area contributed by atoms with E-state index in [-0.39, 0.29) is 124 Å². The van der Waals surface area contributed by atoms with Crippen LogP contribution in [0.5, 0.6) is 0 Å². The van der Waals surface area contributed by atoms with Gasteiger partial charge in [0.05, 0.1) is 42.2 Å². The quantitative estimate of drug-likeness (QED) is 0.0311. The number of ether oxygens (including phenoxy) is 1. The number of carbonyl (C=O) groups is 5. The summed E-state index contributed by atoms with van der Waals surface area (Å²) < 4.78 is 4.83. The molecule has 0 spiro atoms. The van der Waals surface area contributed by atoms with Gasteiger partial charge in [-0.1, -0.05) is 7.43 Å². The van der Waals surface area contributed by atoms with E-state index in [0.717, 1.165) is 56.4 Å². The number of aliphatic hydroxyl groups excluding tert-OH is 3. The van der Waals surface area contributed by atoms with Gasteiger partial charge in [-0.3, -0.25) is 34.0 Å². The van der Waals surface area contributed by atoms with Crippen molar-refractivity contribution in [2.24, 2.45) is 27.2 Å². The van der Waals surface area contributed by atoms with Crippen LogP contribution in [0.25, 0.3) is 0 Å². The molecule has 466 valence electrons. The molecule has 0 aromatic rings. The minimum Gasteiger partial charge on any atom is -0.512 e. The van der Waals surface area contributed by atoms with E-state index in [4.69, 9.17) is 27.0 Å². The second-order valence-electron chi connectivity index (χ2n) is 19.8. The third kappa shape index (κ3) is 46.8. The molecule has 79 heavy (non-hydrogen) atoms. The molecule has 0 rings (SSSR count). The molecular weight excluding hydrogens is 1090 g/mol. The molecule has 8 unspecified atom stereocenters. The van der Waals surface area contributed by atoms with E-state index in [1.807, 2.05) is 125 Å². The molecule has 0 aliphatic heterocycles. The normalized spacial score (nSPS) is 16.2. The molecule has 0 aromatic heterocycles. The van der Waals surface area contributed by atoms with Crippen LogP contribution in [0.3, 0.4) is 0 Å². The van der Waals surface area contributed by atoms with Gasteiger partial charge in [0, 0.05) is 137 Å². The SMILES string of the molecule is C.CC(=NC(C)C(C)N=C(C)C(C)=C(C)O)C(C)=C(C)O.CC(=O)/C(C)=C(/C)O.CC(=O)C(C)=C(C)NC(C)C(C)N.CC(=O)C(C)=C(C)NC(C)C(C)NC(C)=C(C)C(C)=O.CC(N)C(C)N.CO/C(C)=C(/C)C(C)=O.[Co].[Co]. The summed E-state index contributed by atoms with van der Waals surface area (Å²) in [4.78, 5) is 63.8. The van der Waals surface area contributed by atoms with E-state index in [1.54, 1.807) is 62.5 Å². The number of nitrogens with two attached hydrogens (primary N) is 3. The van der Waals surface area contributed by atoms with Gasteiger partial charge >= 0.3 is 0 Å². The number of hydrogen-bond acceptors (Lipinski definition) is 17. The van der Waals surface area contributed by atoms with Gasteiger partial charge in [0.1, 0.15) is 0 Å². The number of aliphatic imine (C=N–C) groups is 2. The fraction of sp³-hybridized carbons (Fsp3) is 0.650. The van der Waals surface area contributed by atoms with E-state index >= 15 is 0 Å². The number of ketones is 5. The van der Waals surface area contributed by atoms with Crippen LogP contribution in [0.2, 0.25) is 0 Å². The standard InChI is InChI=1S/2C16H28N2O2.C10H20N2O.C7H12O2.C6H10O2.C4H12N2.CH4.2Co/c2*1-9(15(7)19)11(3)17-13(5)14(6)18-12(4)10(2)16(8)20;1-6(10(5)13)8(3)12-9(4)7(2)11;1-5(6(2)8)7(3)9-4;1-4(5(2)7)6(3)8;1-3(5)4(2)6;;;/h13-14,19-20H,1-8H3;13-14,17-18H,1-8H3;7,9,12H,11H2,1-5H3;1-4H3;7H,1-3H3;3-4H,5-6H2,1-2H3;1H4;;/b;;;7-5-;5-4-;;;;. The van der Waals surface area contributed by atoms with Gasteiger partial charge in [0.25, 0.3) is 0 Å². The number of hydrogen-bond donors (Lipinski definition) is 9. The van der Waals surface area contributed by atoms with Gasteiger partial charge in [-0.2, -0.15) is 0 Å². The monoisotopic (exact) mass is 1210 g/mol. The molecule has 17 nitrogen and oxygen atoms in total. The molecule has 0 bridgehead atoms. The van der Waals surface area contributed by atoms with Crippen molar-refractivity contribution in [2.45, 2.75) is 257 Å². The van der Waals surface area contributed by atoms with Crippen molar-refractivity contribution < 1.29 is 77.6 Å². The maximum absolute atomic E-state index is 11.3. The maximum atomic E-state index is 11.3. The number of Topliss-reactive ketones (excluding diaryl/α,β-unsaturated/α-hetero) is 5.